The lowest BCUT2D eigenvalue weighted by atomic mass is 10.0. The molecule has 2 aromatic heterocycles. The largest absolute Gasteiger partial charge is 0.383 e. The van der Waals surface area contributed by atoms with Crippen molar-refractivity contribution >= 4 is 57.9 Å². The summed E-state index contributed by atoms with van der Waals surface area (Å²) in [5.74, 6) is 0.270. The number of aromatic nitrogens is 2. The van der Waals surface area contributed by atoms with Crippen LogP contribution in [-0.2, 0) is 20.9 Å². The third-order valence-corrected chi connectivity index (χ3v) is 6.84. The lowest BCUT2D eigenvalue weighted by molar-refractivity contribution is -0.138. The zero-order valence-corrected chi connectivity index (χ0v) is 19.6. The Morgan fingerprint density at radius 2 is 2.18 bits per heavy atom. The average Bonchev–Trinajstić information content (AvgIpc) is 3.23. The number of aldehydes is 1. The van der Waals surface area contributed by atoms with E-state index >= 15 is 0 Å². The highest BCUT2D eigenvalue weighted by Gasteiger charge is 2.38. The SMILES string of the molecule is COC[C@@H]1C(C=O)N(Cc2ccc3c(N)ncnc3c2)CCN1C(=O)C=Cc1csc(Cl)c1. The molecule has 0 radical (unpaired) electrons. The first kappa shape index (κ1) is 23.3. The molecule has 1 aliphatic rings. The second-order valence-electron chi connectivity index (χ2n) is 7.78. The number of hydrogen-bond donors (Lipinski definition) is 1. The van der Waals surface area contributed by atoms with Crippen molar-refractivity contribution in [3.8, 4) is 0 Å². The Balaban J connectivity index is 1.52. The molecule has 1 aliphatic heterocycles. The number of nitrogens with two attached hydrogens (primary N) is 1. The van der Waals surface area contributed by atoms with Crippen LogP contribution in [0.4, 0.5) is 5.82 Å². The molecule has 0 bridgehead atoms. The van der Waals surface area contributed by atoms with Crippen molar-refractivity contribution in [2.75, 3.05) is 32.5 Å². The lowest BCUT2D eigenvalue weighted by Gasteiger charge is -2.45. The first-order valence-corrected chi connectivity index (χ1v) is 11.7. The summed E-state index contributed by atoms with van der Waals surface area (Å²) in [5.41, 5.74) is 8.54. The minimum absolute atomic E-state index is 0.163. The van der Waals surface area contributed by atoms with E-state index in [1.807, 2.05) is 23.6 Å². The third-order valence-electron chi connectivity index (χ3n) is 5.73. The van der Waals surface area contributed by atoms with Crippen LogP contribution in [0.25, 0.3) is 17.0 Å². The summed E-state index contributed by atoms with van der Waals surface area (Å²) in [6, 6.07) is 6.70. The standard InChI is InChI=1S/C23H24ClN5O3S/c1-32-12-20-19(11-30)28(10-15-2-4-17-18(8-15)26-14-27-23(17)25)6-7-29(20)22(31)5-3-16-9-21(24)33-13-16/h2-5,8-9,11,13-14,19-20H,6-7,10,12H2,1H3,(H2,25,26,27)/t19?,20-/m1/s1. The fourth-order valence-electron chi connectivity index (χ4n) is 4.10. The van der Waals surface area contributed by atoms with E-state index < -0.39 is 12.1 Å². The van der Waals surface area contributed by atoms with Gasteiger partial charge in [0.25, 0.3) is 0 Å². The minimum atomic E-state index is -0.502. The van der Waals surface area contributed by atoms with Crippen LogP contribution in [0.3, 0.4) is 0 Å². The fraction of sp³-hybridized carbons (Fsp3) is 0.304. The van der Waals surface area contributed by atoms with E-state index in [0.29, 0.717) is 29.8 Å². The molecule has 33 heavy (non-hydrogen) atoms. The van der Waals surface area contributed by atoms with E-state index in [2.05, 4.69) is 14.9 Å². The number of fused-ring (bicyclic) bond motifs is 1. The second-order valence-corrected chi connectivity index (χ2v) is 9.32. The van der Waals surface area contributed by atoms with Crippen molar-refractivity contribution in [2.45, 2.75) is 18.6 Å². The maximum absolute atomic E-state index is 13.0. The molecule has 10 heteroatoms. The van der Waals surface area contributed by atoms with E-state index in [0.717, 1.165) is 28.3 Å². The number of ether oxygens (including phenoxy) is 1. The minimum Gasteiger partial charge on any atom is -0.383 e. The number of halogens is 1. The topological polar surface area (TPSA) is 102 Å². The van der Waals surface area contributed by atoms with E-state index in [4.69, 9.17) is 22.1 Å². The van der Waals surface area contributed by atoms with Gasteiger partial charge >= 0.3 is 0 Å². The Hall–Kier alpha value is -2.85. The maximum atomic E-state index is 13.0. The quantitative estimate of drug-likeness (QED) is 0.405. The van der Waals surface area contributed by atoms with Crippen molar-refractivity contribution in [3.63, 3.8) is 0 Å². The average molecular weight is 486 g/mol. The van der Waals surface area contributed by atoms with Crippen LogP contribution in [0, 0.1) is 0 Å². The van der Waals surface area contributed by atoms with Gasteiger partial charge < -0.3 is 20.2 Å². The Bertz CT molecular complexity index is 1180. The Morgan fingerprint density at radius 1 is 1.33 bits per heavy atom. The molecule has 1 saturated heterocycles. The molecule has 3 heterocycles. The summed E-state index contributed by atoms with van der Waals surface area (Å²) in [6.45, 7) is 1.83. The first-order valence-electron chi connectivity index (χ1n) is 10.4. The molecule has 8 nitrogen and oxygen atoms in total. The van der Waals surface area contributed by atoms with Crippen molar-refractivity contribution < 1.29 is 14.3 Å². The molecule has 0 saturated carbocycles. The monoisotopic (exact) mass is 485 g/mol. The van der Waals surface area contributed by atoms with E-state index in [-0.39, 0.29) is 12.5 Å². The molecule has 3 aromatic rings. The van der Waals surface area contributed by atoms with Gasteiger partial charge in [-0.3, -0.25) is 9.69 Å². The molecule has 172 valence electrons. The lowest BCUT2D eigenvalue weighted by Crippen LogP contribution is -2.62. The number of nitrogens with zero attached hydrogens (tertiary/aromatic N) is 4. The van der Waals surface area contributed by atoms with Gasteiger partial charge in [-0.1, -0.05) is 17.7 Å². The van der Waals surface area contributed by atoms with Crippen molar-refractivity contribution in [2.24, 2.45) is 0 Å². The molecule has 2 atom stereocenters. The predicted octanol–water partition coefficient (Wildman–Crippen LogP) is 2.87. The molecule has 0 spiro atoms. The molecule has 1 unspecified atom stereocenters. The molecule has 1 amide bonds. The number of carbonyl (C=O) groups excluding carboxylic acids is 2. The van der Waals surface area contributed by atoms with Gasteiger partial charge in [0.15, 0.2) is 0 Å². The molecule has 0 aliphatic carbocycles. The zero-order chi connectivity index (χ0) is 23.4. The van der Waals surface area contributed by atoms with Gasteiger partial charge in [0.05, 0.1) is 28.5 Å². The highest BCUT2D eigenvalue weighted by Crippen LogP contribution is 2.24. The van der Waals surface area contributed by atoms with Crippen LogP contribution >= 0.6 is 22.9 Å². The first-order chi connectivity index (χ1) is 16.0. The van der Waals surface area contributed by atoms with Gasteiger partial charge in [0.2, 0.25) is 5.91 Å². The van der Waals surface area contributed by atoms with Crippen LogP contribution in [0.2, 0.25) is 4.34 Å². The number of rotatable bonds is 7. The molecule has 1 aromatic carbocycles. The number of piperazine rings is 1. The van der Waals surface area contributed by atoms with Gasteiger partial charge in [0, 0.05) is 38.2 Å². The van der Waals surface area contributed by atoms with E-state index in [1.54, 1.807) is 24.2 Å². The van der Waals surface area contributed by atoms with Gasteiger partial charge in [0.1, 0.15) is 18.4 Å². The van der Waals surface area contributed by atoms with Crippen molar-refractivity contribution in [1.29, 1.82) is 0 Å². The molecule has 1 fully saturated rings. The number of thiophene rings is 1. The van der Waals surface area contributed by atoms with Gasteiger partial charge in [-0.15, -0.1) is 11.3 Å². The van der Waals surface area contributed by atoms with Gasteiger partial charge in [-0.25, -0.2) is 9.97 Å². The van der Waals surface area contributed by atoms with Crippen LogP contribution < -0.4 is 5.73 Å². The number of anilines is 1. The summed E-state index contributed by atoms with van der Waals surface area (Å²) in [6.07, 6.45) is 5.59. The Morgan fingerprint density at radius 3 is 2.91 bits per heavy atom. The predicted molar refractivity (Wildman–Crippen MR) is 130 cm³/mol. The second kappa shape index (κ2) is 10.4. The highest BCUT2D eigenvalue weighted by molar-refractivity contribution is 7.14. The van der Waals surface area contributed by atoms with Crippen LogP contribution in [0.5, 0.6) is 0 Å². The molecule has 2 N–H and O–H groups in total. The van der Waals surface area contributed by atoms with Crippen molar-refractivity contribution in [3.05, 3.63) is 57.5 Å². The summed E-state index contributed by atoms with van der Waals surface area (Å²) in [7, 11) is 1.57. The zero-order valence-electron chi connectivity index (χ0n) is 18.1. The maximum Gasteiger partial charge on any atom is 0.247 e. The summed E-state index contributed by atoms with van der Waals surface area (Å²) in [5, 5.41) is 2.67. The number of hydrogen-bond acceptors (Lipinski definition) is 8. The molecular weight excluding hydrogens is 462 g/mol. The molecular formula is C23H24ClN5O3S. The summed E-state index contributed by atoms with van der Waals surface area (Å²) >= 11 is 7.37. The third kappa shape index (κ3) is 5.22. The molecule has 4 rings (SSSR count). The number of benzene rings is 1. The summed E-state index contributed by atoms with van der Waals surface area (Å²) in [4.78, 5) is 37.2. The summed E-state index contributed by atoms with van der Waals surface area (Å²) < 4.78 is 6.04. The number of methoxy groups -OCH3 is 1. The fourth-order valence-corrected chi connectivity index (χ4v) is 4.96. The Labute approximate surface area is 200 Å². The number of carbonyl (C=O) groups is 2. The normalized spacial score (nSPS) is 19.4. The van der Waals surface area contributed by atoms with Crippen LogP contribution in [-0.4, -0.2) is 70.9 Å². The van der Waals surface area contributed by atoms with Gasteiger partial charge in [-0.2, -0.15) is 0 Å². The smallest absolute Gasteiger partial charge is 0.247 e. The number of amides is 1. The van der Waals surface area contributed by atoms with Crippen molar-refractivity contribution in [1.82, 2.24) is 19.8 Å². The highest BCUT2D eigenvalue weighted by atomic mass is 35.5. The van der Waals surface area contributed by atoms with Gasteiger partial charge in [-0.05, 0) is 40.8 Å². The van der Waals surface area contributed by atoms with Crippen LogP contribution in [0.15, 0.2) is 42.0 Å². The number of nitrogen functional groups attached to an aromatic ring is 1. The van der Waals surface area contributed by atoms with E-state index in [1.165, 1.54) is 23.7 Å². The van der Waals surface area contributed by atoms with Crippen LogP contribution in [0.1, 0.15) is 11.1 Å². The van der Waals surface area contributed by atoms with E-state index in [9.17, 15) is 9.59 Å². The Kier molecular flexibility index (Phi) is 7.34.